The molecule has 0 spiro atoms. The topological polar surface area (TPSA) is 35.5 Å². The molecule has 0 aromatic rings. The minimum atomic E-state index is -0.735. The molecule has 0 aliphatic heterocycles. The number of rotatable bonds is 3. The Labute approximate surface area is 91.9 Å². The highest BCUT2D eigenvalue weighted by atomic mass is 79.9. The lowest BCUT2D eigenvalue weighted by atomic mass is 9.93. The number of halogens is 1. The van der Waals surface area contributed by atoms with Gasteiger partial charge in [0.1, 0.15) is 11.5 Å². The molecule has 0 bridgehead atoms. The van der Waals surface area contributed by atoms with E-state index in [0.717, 1.165) is 0 Å². The molecule has 0 saturated carbocycles. The molecule has 0 radical (unpaired) electrons. The van der Waals surface area contributed by atoms with Crippen molar-refractivity contribution in [2.24, 2.45) is 5.92 Å². The Morgan fingerprint density at radius 3 is 2.64 bits per heavy atom. The number of ketones is 1. The highest BCUT2D eigenvalue weighted by Gasteiger charge is 2.38. The Balaban J connectivity index is 3.00. The number of hydrogen-bond donors (Lipinski definition) is 0. The van der Waals surface area contributed by atoms with E-state index in [1.165, 1.54) is 6.92 Å². The number of methoxy groups -OCH3 is 2. The van der Waals surface area contributed by atoms with Crippen molar-refractivity contribution in [3.63, 3.8) is 0 Å². The lowest BCUT2D eigenvalue weighted by Gasteiger charge is -2.31. The molecule has 78 valence electrons. The number of carbonyl (C=O) groups is 1. The molecule has 1 rings (SSSR count). The van der Waals surface area contributed by atoms with E-state index in [1.54, 1.807) is 32.4 Å². The Morgan fingerprint density at radius 1 is 1.57 bits per heavy atom. The maximum Gasteiger partial charge on any atom is 0.154 e. The number of alkyl halides is 1. The summed E-state index contributed by atoms with van der Waals surface area (Å²) in [4.78, 5) is 11.4. The van der Waals surface area contributed by atoms with Crippen LogP contribution in [-0.4, -0.2) is 24.5 Å². The van der Waals surface area contributed by atoms with E-state index >= 15 is 0 Å². The van der Waals surface area contributed by atoms with Gasteiger partial charge in [-0.05, 0) is 41.1 Å². The number of ether oxygens (including phenoxy) is 2. The van der Waals surface area contributed by atoms with Gasteiger partial charge in [-0.3, -0.25) is 4.79 Å². The second kappa shape index (κ2) is 4.28. The summed E-state index contributed by atoms with van der Waals surface area (Å²) in [5.74, 6) is 0.354. The first-order valence-corrected chi connectivity index (χ1v) is 5.02. The van der Waals surface area contributed by atoms with E-state index in [0.29, 0.717) is 5.76 Å². The largest absolute Gasteiger partial charge is 0.497 e. The summed E-state index contributed by atoms with van der Waals surface area (Å²) in [5, 5.41) is 0. The third kappa shape index (κ3) is 2.07. The smallest absolute Gasteiger partial charge is 0.154 e. The average Bonchev–Trinajstić information content (AvgIpc) is 2.18. The van der Waals surface area contributed by atoms with Gasteiger partial charge in [-0.1, -0.05) is 0 Å². The van der Waals surface area contributed by atoms with Crippen molar-refractivity contribution in [3.8, 4) is 0 Å². The van der Waals surface area contributed by atoms with Crippen molar-refractivity contribution in [1.82, 2.24) is 0 Å². The summed E-state index contributed by atoms with van der Waals surface area (Å²) in [6, 6.07) is 0. The highest BCUT2D eigenvalue weighted by molar-refractivity contribution is 9.10. The van der Waals surface area contributed by atoms with Gasteiger partial charge in [-0.15, -0.1) is 0 Å². The zero-order valence-electron chi connectivity index (χ0n) is 8.41. The predicted molar refractivity (Wildman–Crippen MR) is 57.1 cm³/mol. The van der Waals surface area contributed by atoms with Crippen molar-refractivity contribution in [3.05, 3.63) is 24.0 Å². The summed E-state index contributed by atoms with van der Waals surface area (Å²) in [6.45, 7) is 1.53. The van der Waals surface area contributed by atoms with Gasteiger partial charge in [0, 0.05) is 7.11 Å². The van der Waals surface area contributed by atoms with Gasteiger partial charge in [-0.25, -0.2) is 0 Å². The molecule has 0 N–H and O–H groups in total. The number of allylic oxidation sites excluding steroid dienone is 1. The van der Waals surface area contributed by atoms with E-state index in [2.05, 4.69) is 15.9 Å². The third-order valence-electron chi connectivity index (χ3n) is 2.22. The van der Waals surface area contributed by atoms with E-state index in [1.807, 2.05) is 0 Å². The molecule has 0 aromatic carbocycles. The van der Waals surface area contributed by atoms with Crippen LogP contribution in [0, 0.1) is 5.92 Å². The van der Waals surface area contributed by atoms with Crippen LogP contribution in [0.3, 0.4) is 0 Å². The van der Waals surface area contributed by atoms with Crippen LogP contribution in [0.2, 0.25) is 0 Å². The van der Waals surface area contributed by atoms with E-state index in [9.17, 15) is 4.79 Å². The predicted octanol–water partition coefficient (Wildman–Crippen LogP) is 2.03. The lowest BCUT2D eigenvalue weighted by Crippen LogP contribution is -2.36. The first-order chi connectivity index (χ1) is 6.53. The Kier molecular flexibility index (Phi) is 3.50. The fourth-order valence-electron chi connectivity index (χ4n) is 1.36. The minimum Gasteiger partial charge on any atom is -0.497 e. The number of hydrogen-bond acceptors (Lipinski definition) is 3. The fraction of sp³-hybridized carbons (Fsp3) is 0.500. The Morgan fingerprint density at radius 2 is 2.21 bits per heavy atom. The zero-order chi connectivity index (χ0) is 10.8. The van der Waals surface area contributed by atoms with Crippen LogP contribution < -0.4 is 0 Å². The van der Waals surface area contributed by atoms with Crippen LogP contribution in [0.25, 0.3) is 0 Å². The fourth-order valence-corrected chi connectivity index (χ4v) is 1.95. The summed E-state index contributed by atoms with van der Waals surface area (Å²) < 4.78 is 9.57. The second-order valence-electron chi connectivity index (χ2n) is 3.10. The molecule has 1 aliphatic carbocycles. The van der Waals surface area contributed by atoms with Crippen molar-refractivity contribution in [2.45, 2.75) is 11.4 Å². The van der Waals surface area contributed by atoms with Gasteiger partial charge < -0.3 is 9.47 Å². The molecule has 14 heavy (non-hydrogen) atoms. The van der Waals surface area contributed by atoms with E-state index in [-0.39, 0.29) is 11.7 Å². The van der Waals surface area contributed by atoms with Crippen LogP contribution in [-0.2, 0) is 14.3 Å². The third-order valence-corrected chi connectivity index (χ3v) is 3.30. The van der Waals surface area contributed by atoms with Gasteiger partial charge in [0.25, 0.3) is 0 Å². The molecule has 0 aromatic heterocycles. The van der Waals surface area contributed by atoms with Crippen LogP contribution in [0.4, 0.5) is 0 Å². The summed E-state index contributed by atoms with van der Waals surface area (Å²) in [5.41, 5.74) is 0. The van der Waals surface area contributed by atoms with Crippen LogP contribution >= 0.6 is 15.9 Å². The zero-order valence-corrected chi connectivity index (χ0v) is 10.00. The molecule has 0 heterocycles. The molecule has 0 saturated heterocycles. The van der Waals surface area contributed by atoms with Crippen molar-refractivity contribution >= 4 is 21.7 Å². The SMILES string of the molecule is COC1=CC(C(C)=O)C(Br)(OC)C=C1. The molecule has 0 amide bonds. The van der Waals surface area contributed by atoms with Gasteiger partial charge in [0.15, 0.2) is 4.51 Å². The van der Waals surface area contributed by atoms with Crippen molar-refractivity contribution in [2.75, 3.05) is 14.2 Å². The Hall–Kier alpha value is -0.610. The maximum absolute atomic E-state index is 11.4. The summed E-state index contributed by atoms with van der Waals surface area (Å²) in [6.07, 6.45) is 5.30. The monoisotopic (exact) mass is 260 g/mol. The van der Waals surface area contributed by atoms with Gasteiger partial charge in [-0.2, -0.15) is 0 Å². The molecule has 2 atom stereocenters. The first-order valence-electron chi connectivity index (χ1n) is 4.23. The van der Waals surface area contributed by atoms with Crippen molar-refractivity contribution < 1.29 is 14.3 Å². The summed E-state index contributed by atoms with van der Waals surface area (Å²) >= 11 is 3.39. The molecular weight excluding hydrogens is 248 g/mol. The van der Waals surface area contributed by atoms with E-state index < -0.39 is 4.51 Å². The second-order valence-corrected chi connectivity index (χ2v) is 4.34. The quantitative estimate of drug-likeness (QED) is 0.729. The molecule has 4 heteroatoms. The molecule has 3 nitrogen and oxygen atoms in total. The standard InChI is InChI=1S/C10H13BrO3/c1-7(12)9-6-8(13-2)4-5-10(9,11)14-3/h4-6,9H,1-3H3. The van der Waals surface area contributed by atoms with Gasteiger partial charge in [0.2, 0.25) is 0 Å². The molecule has 2 unspecified atom stereocenters. The number of carbonyl (C=O) groups excluding carboxylic acids is 1. The molecule has 0 fully saturated rings. The number of Topliss-reactive ketones (excluding diaryl/α,β-unsaturated/α-hetero) is 1. The Bertz CT molecular complexity index is 296. The van der Waals surface area contributed by atoms with Gasteiger partial charge >= 0.3 is 0 Å². The summed E-state index contributed by atoms with van der Waals surface area (Å²) in [7, 11) is 3.13. The average molecular weight is 261 g/mol. The van der Waals surface area contributed by atoms with Gasteiger partial charge in [0.05, 0.1) is 13.0 Å². The van der Waals surface area contributed by atoms with Crippen LogP contribution in [0.1, 0.15) is 6.92 Å². The first kappa shape index (κ1) is 11.5. The van der Waals surface area contributed by atoms with Crippen molar-refractivity contribution in [1.29, 1.82) is 0 Å². The lowest BCUT2D eigenvalue weighted by molar-refractivity contribution is -0.122. The molecule has 1 aliphatic rings. The van der Waals surface area contributed by atoms with Crippen LogP contribution in [0.15, 0.2) is 24.0 Å². The van der Waals surface area contributed by atoms with Crippen LogP contribution in [0.5, 0.6) is 0 Å². The van der Waals surface area contributed by atoms with E-state index in [4.69, 9.17) is 9.47 Å². The normalized spacial score (nSPS) is 31.1. The maximum atomic E-state index is 11.4. The minimum absolute atomic E-state index is 0.0302. The highest BCUT2D eigenvalue weighted by Crippen LogP contribution is 2.36. The molecular formula is C10H13BrO3.